The summed E-state index contributed by atoms with van der Waals surface area (Å²) >= 11 is 0. The highest BCUT2D eigenvalue weighted by atomic mass is 16.5. The Hall–Kier alpha value is -0.610. The van der Waals surface area contributed by atoms with Crippen molar-refractivity contribution in [3.8, 4) is 0 Å². The van der Waals surface area contributed by atoms with Gasteiger partial charge in [-0.05, 0) is 5.92 Å². The normalized spacial score (nSPS) is 21.6. The fraction of sp³-hybridized carbons (Fsp3) is 0.923. The van der Waals surface area contributed by atoms with E-state index in [-0.39, 0.29) is 12.5 Å². The van der Waals surface area contributed by atoms with Crippen molar-refractivity contribution in [2.24, 2.45) is 5.92 Å². The summed E-state index contributed by atoms with van der Waals surface area (Å²) in [5.41, 5.74) is 0. The van der Waals surface area contributed by atoms with Gasteiger partial charge in [-0.1, -0.05) is 39.0 Å². The average molecular weight is 243 g/mol. The number of aliphatic hydroxyl groups is 1. The first kappa shape index (κ1) is 14.5. The van der Waals surface area contributed by atoms with E-state index in [1.165, 1.54) is 32.1 Å². The van der Waals surface area contributed by atoms with Crippen molar-refractivity contribution in [1.82, 2.24) is 4.90 Å². The van der Waals surface area contributed by atoms with Crippen LogP contribution in [0.3, 0.4) is 0 Å². The van der Waals surface area contributed by atoms with Crippen molar-refractivity contribution < 1.29 is 14.6 Å². The fourth-order valence-electron chi connectivity index (χ4n) is 2.22. The van der Waals surface area contributed by atoms with E-state index < -0.39 is 0 Å². The molecule has 0 bridgehead atoms. The molecule has 0 radical (unpaired) electrons. The molecule has 0 unspecified atom stereocenters. The van der Waals surface area contributed by atoms with Gasteiger partial charge in [-0.3, -0.25) is 4.79 Å². The molecule has 2 fully saturated rings. The lowest BCUT2D eigenvalue weighted by molar-refractivity contribution is -0.138. The van der Waals surface area contributed by atoms with Gasteiger partial charge in [-0.25, -0.2) is 0 Å². The van der Waals surface area contributed by atoms with E-state index in [2.05, 4.69) is 6.92 Å². The van der Waals surface area contributed by atoms with Crippen molar-refractivity contribution >= 4 is 5.91 Å². The number of carbonyl (C=O) groups excluding carboxylic acids is 1. The highest BCUT2D eigenvalue weighted by molar-refractivity contribution is 5.77. The fourth-order valence-corrected chi connectivity index (χ4v) is 2.22. The highest BCUT2D eigenvalue weighted by Gasteiger charge is 2.14. The van der Waals surface area contributed by atoms with Crippen LogP contribution >= 0.6 is 0 Å². The lowest BCUT2D eigenvalue weighted by Gasteiger charge is -2.25. The molecule has 4 heteroatoms. The molecule has 2 rings (SSSR count). The summed E-state index contributed by atoms with van der Waals surface area (Å²) in [6.45, 7) is 4.37. The summed E-state index contributed by atoms with van der Waals surface area (Å²) in [6.07, 6.45) is 7.44. The van der Waals surface area contributed by atoms with E-state index in [0.717, 1.165) is 5.92 Å². The zero-order valence-electron chi connectivity index (χ0n) is 10.9. The van der Waals surface area contributed by atoms with Crippen LogP contribution in [0.5, 0.6) is 0 Å². The second kappa shape index (κ2) is 8.48. The standard InChI is InChI=1S/C7H14.C6H11NO3/c1-7-5-3-2-4-6-7;8-5-6(9)7-1-3-10-4-2-7/h7H,2-6H2,1H3;8H,1-5H2. The van der Waals surface area contributed by atoms with Crippen LogP contribution in [0.2, 0.25) is 0 Å². The van der Waals surface area contributed by atoms with Crippen LogP contribution < -0.4 is 0 Å². The Morgan fingerprint density at radius 1 is 1.24 bits per heavy atom. The molecular formula is C13H25NO3. The van der Waals surface area contributed by atoms with Crippen molar-refractivity contribution in [2.75, 3.05) is 32.9 Å². The first-order valence-corrected chi connectivity index (χ1v) is 6.70. The van der Waals surface area contributed by atoms with E-state index >= 15 is 0 Å². The minimum absolute atomic E-state index is 0.205. The number of carbonyl (C=O) groups is 1. The lowest BCUT2D eigenvalue weighted by atomic mass is 9.91. The van der Waals surface area contributed by atoms with E-state index in [1.807, 2.05) is 0 Å². The van der Waals surface area contributed by atoms with E-state index in [9.17, 15) is 4.79 Å². The van der Waals surface area contributed by atoms with Crippen LogP contribution in [0, 0.1) is 5.92 Å². The molecule has 0 spiro atoms. The maximum absolute atomic E-state index is 10.8. The maximum Gasteiger partial charge on any atom is 0.248 e. The number of morpholine rings is 1. The third kappa shape index (κ3) is 6.03. The van der Waals surface area contributed by atoms with Crippen molar-refractivity contribution in [3.63, 3.8) is 0 Å². The molecule has 1 heterocycles. The van der Waals surface area contributed by atoms with Gasteiger partial charge in [0.1, 0.15) is 6.61 Å². The molecule has 1 N–H and O–H groups in total. The molecule has 100 valence electrons. The topological polar surface area (TPSA) is 49.8 Å². The van der Waals surface area contributed by atoms with Crippen molar-refractivity contribution in [1.29, 1.82) is 0 Å². The summed E-state index contributed by atoms with van der Waals surface area (Å²) < 4.78 is 5.02. The molecule has 1 amide bonds. The Morgan fingerprint density at radius 3 is 2.24 bits per heavy atom. The SMILES string of the molecule is CC1CCCCC1.O=C(CO)N1CCOCC1. The maximum atomic E-state index is 10.8. The predicted molar refractivity (Wildman–Crippen MR) is 66.7 cm³/mol. The molecule has 1 saturated carbocycles. The Labute approximate surface area is 104 Å². The minimum Gasteiger partial charge on any atom is -0.387 e. The molecule has 0 aromatic carbocycles. The van der Waals surface area contributed by atoms with Crippen LogP contribution in [0.25, 0.3) is 0 Å². The summed E-state index contributed by atoms with van der Waals surface area (Å²) in [4.78, 5) is 12.4. The number of hydrogen-bond donors (Lipinski definition) is 1. The van der Waals surface area contributed by atoms with Crippen molar-refractivity contribution in [3.05, 3.63) is 0 Å². The van der Waals surface area contributed by atoms with Crippen LogP contribution in [0.1, 0.15) is 39.0 Å². The van der Waals surface area contributed by atoms with E-state index in [1.54, 1.807) is 4.90 Å². The number of nitrogens with zero attached hydrogens (tertiary/aromatic N) is 1. The van der Waals surface area contributed by atoms with Gasteiger partial charge in [0.25, 0.3) is 0 Å². The summed E-state index contributed by atoms with van der Waals surface area (Å²) in [5, 5.41) is 8.46. The summed E-state index contributed by atoms with van der Waals surface area (Å²) in [7, 11) is 0. The molecule has 17 heavy (non-hydrogen) atoms. The van der Waals surface area contributed by atoms with Gasteiger partial charge in [-0.2, -0.15) is 0 Å². The largest absolute Gasteiger partial charge is 0.387 e. The molecule has 0 atom stereocenters. The summed E-state index contributed by atoms with van der Waals surface area (Å²) in [5.74, 6) is 0.831. The van der Waals surface area contributed by atoms with Crippen LogP contribution in [-0.2, 0) is 9.53 Å². The molecule has 1 aliphatic heterocycles. The monoisotopic (exact) mass is 243 g/mol. The Balaban J connectivity index is 0.000000181. The van der Waals surface area contributed by atoms with Crippen LogP contribution in [-0.4, -0.2) is 48.8 Å². The van der Waals surface area contributed by atoms with Gasteiger partial charge < -0.3 is 14.7 Å². The zero-order valence-corrected chi connectivity index (χ0v) is 10.9. The average Bonchev–Trinajstić information content (AvgIpc) is 2.40. The number of amides is 1. The number of rotatable bonds is 1. The molecule has 1 saturated heterocycles. The van der Waals surface area contributed by atoms with Crippen LogP contribution in [0.4, 0.5) is 0 Å². The van der Waals surface area contributed by atoms with Gasteiger partial charge in [0, 0.05) is 13.1 Å². The van der Waals surface area contributed by atoms with E-state index in [0.29, 0.717) is 26.3 Å². The molecule has 0 aromatic rings. The Bertz CT molecular complexity index is 209. The minimum atomic E-state index is -0.389. The number of aliphatic hydroxyl groups excluding tert-OH is 1. The zero-order chi connectivity index (χ0) is 12.5. The van der Waals surface area contributed by atoms with Gasteiger partial charge >= 0.3 is 0 Å². The third-order valence-corrected chi connectivity index (χ3v) is 3.39. The van der Waals surface area contributed by atoms with Gasteiger partial charge in [0.05, 0.1) is 13.2 Å². The number of hydrogen-bond acceptors (Lipinski definition) is 3. The predicted octanol–water partition coefficient (Wildman–Crippen LogP) is 1.42. The molecule has 2 aliphatic rings. The second-order valence-electron chi connectivity index (χ2n) is 4.89. The third-order valence-electron chi connectivity index (χ3n) is 3.39. The highest BCUT2D eigenvalue weighted by Crippen LogP contribution is 2.22. The quantitative estimate of drug-likeness (QED) is 0.758. The Kier molecular flexibility index (Phi) is 7.21. The van der Waals surface area contributed by atoms with Gasteiger partial charge in [0.15, 0.2) is 0 Å². The smallest absolute Gasteiger partial charge is 0.248 e. The van der Waals surface area contributed by atoms with Gasteiger partial charge in [0.2, 0.25) is 5.91 Å². The Morgan fingerprint density at radius 2 is 1.82 bits per heavy atom. The first-order valence-electron chi connectivity index (χ1n) is 6.70. The first-order chi connectivity index (χ1) is 8.24. The molecular weight excluding hydrogens is 218 g/mol. The molecule has 1 aliphatic carbocycles. The number of ether oxygens (including phenoxy) is 1. The van der Waals surface area contributed by atoms with Crippen LogP contribution in [0.15, 0.2) is 0 Å². The van der Waals surface area contributed by atoms with E-state index in [4.69, 9.17) is 9.84 Å². The molecule has 4 nitrogen and oxygen atoms in total. The second-order valence-corrected chi connectivity index (χ2v) is 4.89. The van der Waals surface area contributed by atoms with Gasteiger partial charge in [-0.15, -0.1) is 0 Å². The lowest BCUT2D eigenvalue weighted by Crippen LogP contribution is -2.42. The van der Waals surface area contributed by atoms with Crippen molar-refractivity contribution in [2.45, 2.75) is 39.0 Å². The molecule has 0 aromatic heterocycles. The summed E-state index contributed by atoms with van der Waals surface area (Å²) in [6, 6.07) is 0.